The second-order valence-electron chi connectivity index (χ2n) is 4.83. The molecule has 21 heavy (non-hydrogen) atoms. The molecule has 1 aromatic carbocycles. The molecule has 0 bridgehead atoms. The molecule has 0 aliphatic carbocycles. The first kappa shape index (κ1) is 15.4. The Hall–Kier alpha value is -1.95. The average molecular weight is 306 g/mol. The maximum absolute atomic E-state index is 12.4. The van der Waals surface area contributed by atoms with Crippen LogP contribution in [0.25, 0.3) is 0 Å². The van der Waals surface area contributed by atoms with Crippen LogP contribution in [-0.4, -0.2) is 27.6 Å². The molecule has 1 aromatic heterocycles. The van der Waals surface area contributed by atoms with E-state index in [-0.39, 0.29) is 11.7 Å². The number of rotatable bonds is 5. The second kappa shape index (κ2) is 6.67. The summed E-state index contributed by atoms with van der Waals surface area (Å²) in [6.07, 6.45) is 0. The normalized spacial score (nSPS) is 13.7. The zero-order valence-electron chi connectivity index (χ0n) is 12.3. The number of nitrogens with zero attached hydrogens (tertiary/aromatic N) is 2. The number of aromatic nitrogens is 1. The van der Waals surface area contributed by atoms with Gasteiger partial charge >= 0.3 is 0 Å². The lowest BCUT2D eigenvalue weighted by molar-refractivity contribution is -0.117. The van der Waals surface area contributed by atoms with Crippen molar-refractivity contribution < 1.29 is 13.5 Å². The lowest BCUT2D eigenvalue weighted by Crippen LogP contribution is -2.37. The lowest BCUT2D eigenvalue weighted by atomic mass is 10.3. The monoisotopic (exact) mass is 306 g/mol. The fourth-order valence-corrected chi connectivity index (χ4v) is 2.96. The molecule has 2 atom stereocenters. The molecule has 0 radical (unpaired) electrons. The minimum Gasteiger partial charge on any atom is -0.360 e. The molecule has 0 spiro atoms. The van der Waals surface area contributed by atoms with Gasteiger partial charge in [-0.2, -0.15) is 0 Å². The number of carbonyl (C=O) groups is 1. The molecule has 0 N–H and O–H groups in total. The van der Waals surface area contributed by atoms with E-state index in [4.69, 9.17) is 4.52 Å². The molecule has 6 heteroatoms. The summed E-state index contributed by atoms with van der Waals surface area (Å²) in [6, 6.07) is 11.0. The Kier molecular flexibility index (Phi) is 4.90. The van der Waals surface area contributed by atoms with Crippen molar-refractivity contribution in [2.45, 2.75) is 24.9 Å². The second-order valence-corrected chi connectivity index (χ2v) is 6.59. The van der Waals surface area contributed by atoms with Crippen molar-refractivity contribution in [1.82, 2.24) is 5.16 Å². The number of hydrogen-bond acceptors (Lipinski definition) is 4. The van der Waals surface area contributed by atoms with Crippen LogP contribution in [0.3, 0.4) is 0 Å². The van der Waals surface area contributed by atoms with Crippen LogP contribution in [-0.2, 0) is 21.3 Å². The average Bonchev–Trinajstić information content (AvgIpc) is 2.90. The van der Waals surface area contributed by atoms with Gasteiger partial charge in [0.1, 0.15) is 11.0 Å². The number of hydrogen-bond donors (Lipinski definition) is 0. The van der Waals surface area contributed by atoms with Gasteiger partial charge in [0.2, 0.25) is 5.91 Å². The topological polar surface area (TPSA) is 63.4 Å². The SMILES string of the molecule is Cc1cc(C[S@](=O)[C@@H](C)C(=O)N(C)c2ccccc2)on1. The molecule has 112 valence electrons. The first-order valence-corrected chi connectivity index (χ1v) is 7.99. The Morgan fingerprint density at radius 2 is 2.05 bits per heavy atom. The van der Waals surface area contributed by atoms with Gasteiger partial charge in [-0.3, -0.25) is 9.00 Å². The Morgan fingerprint density at radius 3 is 2.62 bits per heavy atom. The van der Waals surface area contributed by atoms with Gasteiger partial charge in [-0.15, -0.1) is 0 Å². The van der Waals surface area contributed by atoms with Gasteiger partial charge in [0.25, 0.3) is 0 Å². The number of benzene rings is 1. The van der Waals surface area contributed by atoms with Crippen LogP contribution in [0.5, 0.6) is 0 Å². The van der Waals surface area contributed by atoms with E-state index < -0.39 is 16.0 Å². The first-order chi connectivity index (χ1) is 9.99. The third kappa shape index (κ3) is 3.78. The van der Waals surface area contributed by atoms with E-state index in [1.165, 1.54) is 4.90 Å². The maximum atomic E-state index is 12.4. The fourth-order valence-electron chi connectivity index (χ4n) is 1.91. The van der Waals surface area contributed by atoms with E-state index in [0.717, 1.165) is 11.4 Å². The predicted octanol–water partition coefficient (Wildman–Crippen LogP) is 2.28. The number of amides is 1. The van der Waals surface area contributed by atoms with Crippen LogP contribution in [0, 0.1) is 6.92 Å². The number of carbonyl (C=O) groups excluding carboxylic acids is 1. The van der Waals surface area contributed by atoms with Crippen molar-refractivity contribution in [1.29, 1.82) is 0 Å². The Labute approximate surface area is 126 Å². The van der Waals surface area contributed by atoms with E-state index in [2.05, 4.69) is 5.16 Å². The highest BCUT2D eigenvalue weighted by Gasteiger charge is 2.25. The quantitative estimate of drug-likeness (QED) is 0.850. The summed E-state index contributed by atoms with van der Waals surface area (Å²) < 4.78 is 17.3. The van der Waals surface area contributed by atoms with Gasteiger partial charge in [0.05, 0.1) is 11.4 Å². The van der Waals surface area contributed by atoms with E-state index in [1.54, 1.807) is 27.0 Å². The first-order valence-electron chi connectivity index (χ1n) is 6.61. The molecule has 0 aliphatic heterocycles. The molecular weight excluding hydrogens is 288 g/mol. The Morgan fingerprint density at radius 1 is 1.38 bits per heavy atom. The number of anilines is 1. The molecule has 0 unspecified atom stereocenters. The van der Waals surface area contributed by atoms with Gasteiger partial charge in [-0.05, 0) is 26.0 Å². The van der Waals surface area contributed by atoms with Crippen LogP contribution in [0.15, 0.2) is 40.9 Å². The molecule has 2 rings (SSSR count). The highest BCUT2D eigenvalue weighted by molar-refractivity contribution is 7.85. The molecule has 0 aliphatic rings. The van der Waals surface area contributed by atoms with Crippen molar-refractivity contribution in [2.24, 2.45) is 0 Å². The van der Waals surface area contributed by atoms with Gasteiger partial charge in [0, 0.05) is 29.6 Å². The third-order valence-electron chi connectivity index (χ3n) is 3.18. The van der Waals surface area contributed by atoms with Crippen molar-refractivity contribution in [3.63, 3.8) is 0 Å². The smallest absolute Gasteiger partial charge is 0.242 e. The summed E-state index contributed by atoms with van der Waals surface area (Å²) in [5.74, 6) is 0.541. The Bertz CT molecular complexity index is 639. The van der Waals surface area contributed by atoms with Crippen LogP contribution in [0.2, 0.25) is 0 Å². The van der Waals surface area contributed by atoms with Gasteiger partial charge in [-0.1, -0.05) is 23.4 Å². The van der Waals surface area contributed by atoms with Crippen LogP contribution >= 0.6 is 0 Å². The minimum absolute atomic E-state index is 0.184. The minimum atomic E-state index is -1.35. The van der Waals surface area contributed by atoms with E-state index in [9.17, 15) is 9.00 Å². The molecule has 1 heterocycles. The highest BCUT2D eigenvalue weighted by atomic mass is 32.2. The van der Waals surface area contributed by atoms with Crippen molar-refractivity contribution in [2.75, 3.05) is 11.9 Å². The molecule has 2 aromatic rings. The summed E-state index contributed by atoms with van der Waals surface area (Å²) in [6.45, 7) is 3.47. The van der Waals surface area contributed by atoms with E-state index in [1.807, 2.05) is 30.3 Å². The van der Waals surface area contributed by atoms with Crippen molar-refractivity contribution >= 4 is 22.4 Å². The largest absolute Gasteiger partial charge is 0.360 e. The lowest BCUT2D eigenvalue weighted by Gasteiger charge is -2.20. The Balaban J connectivity index is 2.03. The van der Waals surface area contributed by atoms with E-state index >= 15 is 0 Å². The predicted molar refractivity (Wildman–Crippen MR) is 82.4 cm³/mol. The van der Waals surface area contributed by atoms with Crippen LogP contribution < -0.4 is 4.90 Å². The zero-order chi connectivity index (χ0) is 15.4. The summed E-state index contributed by atoms with van der Waals surface area (Å²) in [4.78, 5) is 13.9. The molecule has 0 saturated heterocycles. The summed E-state index contributed by atoms with van der Waals surface area (Å²) in [7, 11) is 0.333. The number of aryl methyl sites for hydroxylation is 1. The van der Waals surface area contributed by atoms with Gasteiger partial charge < -0.3 is 9.42 Å². The zero-order valence-corrected chi connectivity index (χ0v) is 13.1. The molecule has 0 fully saturated rings. The molecule has 1 amide bonds. The standard InChI is InChI=1S/C15H18N2O3S/c1-11-9-14(20-16-11)10-21(19)12(2)15(18)17(3)13-7-5-4-6-8-13/h4-9,12H,10H2,1-3H3/t12-,21-/m0/s1. The molecule has 5 nitrogen and oxygen atoms in total. The maximum Gasteiger partial charge on any atom is 0.242 e. The highest BCUT2D eigenvalue weighted by Crippen LogP contribution is 2.15. The van der Waals surface area contributed by atoms with E-state index in [0.29, 0.717) is 5.76 Å². The summed E-state index contributed by atoms with van der Waals surface area (Å²) >= 11 is 0. The molecular formula is C15H18N2O3S. The van der Waals surface area contributed by atoms with Crippen molar-refractivity contribution in [3.05, 3.63) is 47.9 Å². The molecule has 0 saturated carbocycles. The van der Waals surface area contributed by atoms with Crippen LogP contribution in [0.1, 0.15) is 18.4 Å². The van der Waals surface area contributed by atoms with Crippen LogP contribution in [0.4, 0.5) is 5.69 Å². The van der Waals surface area contributed by atoms with Crippen molar-refractivity contribution in [3.8, 4) is 0 Å². The fraction of sp³-hybridized carbons (Fsp3) is 0.333. The summed E-state index contributed by atoms with van der Waals surface area (Å²) in [5.41, 5.74) is 1.52. The summed E-state index contributed by atoms with van der Waals surface area (Å²) in [5, 5.41) is 3.14. The number of para-hydroxylation sites is 1. The van der Waals surface area contributed by atoms with Gasteiger partial charge in [0.15, 0.2) is 0 Å². The third-order valence-corrected chi connectivity index (χ3v) is 4.74. The van der Waals surface area contributed by atoms with Gasteiger partial charge in [-0.25, -0.2) is 0 Å².